The first-order valence-electron chi connectivity index (χ1n) is 8.28. The van der Waals surface area contributed by atoms with E-state index in [1.807, 2.05) is 13.8 Å². The van der Waals surface area contributed by atoms with Gasteiger partial charge in [0.1, 0.15) is 0 Å². The van der Waals surface area contributed by atoms with Gasteiger partial charge in [0, 0.05) is 19.6 Å². The summed E-state index contributed by atoms with van der Waals surface area (Å²) in [4.78, 5) is 14.2. The van der Waals surface area contributed by atoms with Gasteiger partial charge < -0.3 is 5.32 Å². The maximum atomic E-state index is 12.1. The Morgan fingerprint density at radius 2 is 2.00 bits per heavy atom. The molecule has 1 aliphatic rings. The van der Waals surface area contributed by atoms with Gasteiger partial charge in [-0.1, -0.05) is 6.92 Å². The predicted octanol–water partition coefficient (Wildman–Crippen LogP) is 0.941. The number of sulfonamides is 1. The fourth-order valence-corrected chi connectivity index (χ4v) is 3.38. The van der Waals surface area contributed by atoms with Crippen LogP contribution in [0.15, 0.2) is 0 Å². The minimum atomic E-state index is -3.21. The Bertz CT molecular complexity index is 451. The molecule has 1 amide bonds. The number of carbonyl (C=O) groups is 1. The molecule has 0 saturated carbocycles. The minimum absolute atomic E-state index is 0.0604. The van der Waals surface area contributed by atoms with Gasteiger partial charge in [-0.2, -0.15) is 0 Å². The Morgan fingerprint density at radius 1 is 1.32 bits per heavy atom. The number of hydrogen-bond acceptors (Lipinski definition) is 4. The van der Waals surface area contributed by atoms with E-state index in [0.29, 0.717) is 13.1 Å². The van der Waals surface area contributed by atoms with E-state index < -0.39 is 15.3 Å². The SMILES string of the molecule is CCCNC(=O)[C@H](C)N1CCC[C@@H](CNS(=O)(=O)C(C)C)C1. The van der Waals surface area contributed by atoms with Gasteiger partial charge >= 0.3 is 0 Å². The van der Waals surface area contributed by atoms with Crippen molar-refractivity contribution in [3.63, 3.8) is 0 Å². The normalized spacial score (nSPS) is 21.8. The lowest BCUT2D eigenvalue weighted by atomic mass is 9.97. The third kappa shape index (κ3) is 5.85. The third-order valence-electron chi connectivity index (χ3n) is 4.22. The highest BCUT2D eigenvalue weighted by molar-refractivity contribution is 7.90. The molecular formula is C15H31N3O3S. The molecule has 2 atom stereocenters. The standard InChI is InChI=1S/C15H31N3O3S/c1-5-8-16-15(19)13(4)18-9-6-7-14(11-18)10-17-22(20,21)12(2)3/h12-14,17H,5-11H2,1-4H3,(H,16,19)/t13-,14-/m0/s1. The second-order valence-corrected chi connectivity index (χ2v) is 8.73. The van der Waals surface area contributed by atoms with E-state index >= 15 is 0 Å². The van der Waals surface area contributed by atoms with Crippen molar-refractivity contribution in [3.8, 4) is 0 Å². The average molecular weight is 333 g/mol. The summed E-state index contributed by atoms with van der Waals surface area (Å²) in [6.07, 6.45) is 2.93. The lowest BCUT2D eigenvalue weighted by Crippen LogP contribution is -2.50. The van der Waals surface area contributed by atoms with Crippen LogP contribution in [0.25, 0.3) is 0 Å². The van der Waals surface area contributed by atoms with Gasteiger partial charge in [0.05, 0.1) is 11.3 Å². The minimum Gasteiger partial charge on any atom is -0.355 e. The molecule has 1 rings (SSSR count). The Hall–Kier alpha value is -0.660. The number of nitrogens with zero attached hydrogens (tertiary/aromatic N) is 1. The zero-order valence-corrected chi connectivity index (χ0v) is 15.1. The highest BCUT2D eigenvalue weighted by Crippen LogP contribution is 2.18. The van der Waals surface area contributed by atoms with E-state index in [1.54, 1.807) is 13.8 Å². The molecule has 1 aliphatic heterocycles. The van der Waals surface area contributed by atoms with Gasteiger partial charge in [0.2, 0.25) is 15.9 Å². The van der Waals surface area contributed by atoms with E-state index in [1.165, 1.54) is 0 Å². The summed E-state index contributed by atoms with van der Waals surface area (Å²) in [5.74, 6) is 0.328. The molecule has 1 fully saturated rings. The molecule has 6 nitrogen and oxygen atoms in total. The number of hydrogen-bond donors (Lipinski definition) is 2. The van der Waals surface area contributed by atoms with E-state index in [4.69, 9.17) is 0 Å². The number of carbonyl (C=O) groups excluding carboxylic acids is 1. The third-order valence-corrected chi connectivity index (χ3v) is 6.03. The van der Waals surface area contributed by atoms with Crippen molar-refractivity contribution in [1.82, 2.24) is 14.9 Å². The quantitative estimate of drug-likeness (QED) is 0.693. The zero-order valence-electron chi connectivity index (χ0n) is 14.3. The van der Waals surface area contributed by atoms with Crippen LogP contribution in [0.4, 0.5) is 0 Å². The molecule has 0 radical (unpaired) electrons. The van der Waals surface area contributed by atoms with Crippen LogP contribution in [-0.4, -0.2) is 56.7 Å². The van der Waals surface area contributed by atoms with Crippen LogP contribution in [0, 0.1) is 5.92 Å². The van der Waals surface area contributed by atoms with Crippen LogP contribution in [0.5, 0.6) is 0 Å². The average Bonchev–Trinajstić information content (AvgIpc) is 2.50. The van der Waals surface area contributed by atoms with Crippen LogP contribution in [-0.2, 0) is 14.8 Å². The predicted molar refractivity (Wildman–Crippen MR) is 89.1 cm³/mol. The van der Waals surface area contributed by atoms with Crippen molar-refractivity contribution < 1.29 is 13.2 Å². The maximum Gasteiger partial charge on any atom is 0.237 e. The lowest BCUT2D eigenvalue weighted by Gasteiger charge is -2.36. The van der Waals surface area contributed by atoms with Gasteiger partial charge in [-0.05, 0) is 52.5 Å². The number of piperidine rings is 1. The summed E-state index contributed by atoms with van der Waals surface area (Å²) < 4.78 is 26.3. The second kappa shape index (κ2) is 8.84. The Morgan fingerprint density at radius 3 is 2.59 bits per heavy atom. The number of rotatable bonds is 8. The first-order chi connectivity index (χ1) is 10.3. The van der Waals surface area contributed by atoms with Crippen molar-refractivity contribution in [2.24, 2.45) is 5.92 Å². The van der Waals surface area contributed by atoms with Gasteiger partial charge in [-0.15, -0.1) is 0 Å². The molecule has 0 spiro atoms. The van der Waals surface area contributed by atoms with Crippen LogP contribution in [0.1, 0.15) is 47.0 Å². The highest BCUT2D eigenvalue weighted by Gasteiger charge is 2.28. The number of nitrogens with one attached hydrogen (secondary N) is 2. The molecule has 0 aromatic heterocycles. The van der Waals surface area contributed by atoms with Gasteiger partial charge in [0.25, 0.3) is 0 Å². The largest absolute Gasteiger partial charge is 0.355 e. The number of likely N-dealkylation sites (tertiary alicyclic amines) is 1. The summed E-state index contributed by atoms with van der Waals surface area (Å²) in [7, 11) is -3.21. The Labute approximate surface area is 135 Å². The molecule has 7 heteroatoms. The fourth-order valence-electron chi connectivity index (χ4n) is 2.58. The lowest BCUT2D eigenvalue weighted by molar-refractivity contribution is -0.126. The van der Waals surface area contributed by atoms with Crippen molar-refractivity contribution >= 4 is 15.9 Å². The fraction of sp³-hybridized carbons (Fsp3) is 0.933. The molecule has 130 valence electrons. The van der Waals surface area contributed by atoms with E-state index in [-0.39, 0.29) is 17.9 Å². The summed E-state index contributed by atoms with van der Waals surface area (Å²) in [5.41, 5.74) is 0. The van der Waals surface area contributed by atoms with E-state index in [9.17, 15) is 13.2 Å². The molecule has 0 unspecified atom stereocenters. The van der Waals surface area contributed by atoms with Gasteiger partial charge in [-0.3, -0.25) is 9.69 Å². The van der Waals surface area contributed by atoms with Crippen molar-refractivity contribution in [2.75, 3.05) is 26.2 Å². The topological polar surface area (TPSA) is 78.5 Å². The van der Waals surface area contributed by atoms with Crippen molar-refractivity contribution in [2.45, 2.75) is 58.2 Å². The molecule has 1 heterocycles. The van der Waals surface area contributed by atoms with Crippen LogP contribution in [0.2, 0.25) is 0 Å². The van der Waals surface area contributed by atoms with Crippen LogP contribution >= 0.6 is 0 Å². The molecule has 0 aromatic rings. The van der Waals surface area contributed by atoms with Gasteiger partial charge in [0.15, 0.2) is 0 Å². The molecular weight excluding hydrogens is 302 g/mol. The monoisotopic (exact) mass is 333 g/mol. The molecule has 22 heavy (non-hydrogen) atoms. The molecule has 1 saturated heterocycles. The summed E-state index contributed by atoms with van der Waals surface area (Å²) in [5, 5.41) is 2.51. The van der Waals surface area contributed by atoms with Crippen LogP contribution in [0.3, 0.4) is 0 Å². The smallest absolute Gasteiger partial charge is 0.237 e. The first kappa shape index (κ1) is 19.4. The zero-order chi connectivity index (χ0) is 16.8. The van der Waals surface area contributed by atoms with Gasteiger partial charge in [-0.25, -0.2) is 13.1 Å². The molecule has 0 bridgehead atoms. The number of amides is 1. The molecule has 2 N–H and O–H groups in total. The van der Waals surface area contributed by atoms with Crippen molar-refractivity contribution in [1.29, 1.82) is 0 Å². The van der Waals surface area contributed by atoms with Crippen molar-refractivity contribution in [3.05, 3.63) is 0 Å². The van der Waals surface area contributed by atoms with Crippen LogP contribution < -0.4 is 10.0 Å². The Balaban J connectivity index is 2.49. The summed E-state index contributed by atoms with van der Waals surface area (Å²) in [6, 6.07) is -0.156. The summed E-state index contributed by atoms with van der Waals surface area (Å²) in [6.45, 7) is 10.1. The summed E-state index contributed by atoms with van der Waals surface area (Å²) >= 11 is 0. The first-order valence-corrected chi connectivity index (χ1v) is 9.82. The second-order valence-electron chi connectivity index (χ2n) is 6.41. The Kier molecular flexibility index (Phi) is 7.79. The molecule has 0 aromatic carbocycles. The maximum absolute atomic E-state index is 12.1. The highest BCUT2D eigenvalue weighted by atomic mass is 32.2. The van der Waals surface area contributed by atoms with E-state index in [2.05, 4.69) is 14.9 Å². The molecule has 0 aliphatic carbocycles. The van der Waals surface area contributed by atoms with E-state index in [0.717, 1.165) is 32.4 Å².